The quantitative estimate of drug-likeness (QED) is 0.267. The first-order chi connectivity index (χ1) is 12.9. The number of hydrogen-bond acceptors (Lipinski definition) is 7. The van der Waals surface area contributed by atoms with Crippen LogP contribution in [0.15, 0.2) is 40.9 Å². The molecule has 0 fully saturated rings. The summed E-state index contributed by atoms with van der Waals surface area (Å²) >= 11 is 3.31. The number of esters is 1. The van der Waals surface area contributed by atoms with Gasteiger partial charge in [-0.2, -0.15) is 0 Å². The molecule has 0 N–H and O–H groups in total. The minimum atomic E-state index is -0.715. The molecular formula is C18H16BrNO7. The summed E-state index contributed by atoms with van der Waals surface area (Å²) in [4.78, 5) is 34.4. The molecule has 0 saturated carbocycles. The third kappa shape index (κ3) is 5.04. The number of carbonyl (C=O) groups is 2. The number of halogens is 1. The number of nitro groups is 1. The van der Waals surface area contributed by atoms with Gasteiger partial charge in [0.1, 0.15) is 0 Å². The minimum Gasteiger partial charge on any atom is -0.493 e. The maximum atomic E-state index is 12.2. The molecule has 0 heterocycles. The van der Waals surface area contributed by atoms with Crippen LogP contribution in [0.3, 0.4) is 0 Å². The Kier molecular flexibility index (Phi) is 6.89. The summed E-state index contributed by atoms with van der Waals surface area (Å²) in [5.41, 5.74) is 0.257. The number of methoxy groups -OCH3 is 1. The molecule has 0 amide bonds. The van der Waals surface area contributed by atoms with Crippen LogP contribution in [0, 0.1) is 10.1 Å². The van der Waals surface area contributed by atoms with E-state index in [0.29, 0.717) is 22.6 Å². The monoisotopic (exact) mass is 437 g/mol. The smallest absolute Gasteiger partial charge is 0.338 e. The molecule has 2 rings (SSSR count). The van der Waals surface area contributed by atoms with Crippen LogP contribution in [-0.4, -0.2) is 37.0 Å². The number of hydrogen-bond donors (Lipinski definition) is 0. The highest BCUT2D eigenvalue weighted by Gasteiger charge is 2.18. The number of rotatable bonds is 8. The number of benzene rings is 2. The normalized spacial score (nSPS) is 10.2. The summed E-state index contributed by atoms with van der Waals surface area (Å²) in [6.45, 7) is 1.74. The van der Waals surface area contributed by atoms with E-state index in [0.717, 1.165) is 0 Å². The standard InChI is InChI=1S/C18H16BrNO7/c1-3-26-17-14(19)8-12(9-16(17)25-2)18(22)27-10-15(21)11-4-6-13(7-5-11)20(23)24/h4-9H,3,10H2,1-2H3. The third-order valence-electron chi connectivity index (χ3n) is 3.49. The van der Waals surface area contributed by atoms with Gasteiger partial charge in [0.05, 0.1) is 28.7 Å². The van der Waals surface area contributed by atoms with Crippen molar-refractivity contribution in [1.29, 1.82) is 0 Å². The van der Waals surface area contributed by atoms with Crippen molar-refractivity contribution in [3.05, 3.63) is 62.1 Å². The van der Waals surface area contributed by atoms with Gasteiger partial charge in [0, 0.05) is 17.7 Å². The number of nitro benzene ring substituents is 1. The molecule has 9 heteroatoms. The summed E-state index contributed by atoms with van der Waals surface area (Å²) in [5.74, 6) is -0.388. The summed E-state index contributed by atoms with van der Waals surface area (Å²) in [6.07, 6.45) is 0. The first-order valence-electron chi connectivity index (χ1n) is 7.82. The first-order valence-corrected chi connectivity index (χ1v) is 8.61. The van der Waals surface area contributed by atoms with E-state index < -0.39 is 23.3 Å². The number of ketones is 1. The lowest BCUT2D eigenvalue weighted by Gasteiger charge is -2.13. The van der Waals surface area contributed by atoms with Gasteiger partial charge in [-0.3, -0.25) is 14.9 Å². The van der Waals surface area contributed by atoms with Gasteiger partial charge in [-0.05, 0) is 47.1 Å². The summed E-state index contributed by atoms with van der Waals surface area (Å²) < 4.78 is 16.2. The summed E-state index contributed by atoms with van der Waals surface area (Å²) in [7, 11) is 1.44. The highest BCUT2D eigenvalue weighted by Crippen LogP contribution is 2.36. The topological polar surface area (TPSA) is 105 Å². The molecule has 0 saturated heterocycles. The van der Waals surface area contributed by atoms with E-state index in [4.69, 9.17) is 14.2 Å². The lowest BCUT2D eigenvalue weighted by Crippen LogP contribution is -2.14. The largest absolute Gasteiger partial charge is 0.493 e. The number of carbonyl (C=O) groups excluding carboxylic acids is 2. The Bertz CT molecular complexity index is 865. The first kappa shape index (κ1) is 20.4. The Labute approximate surface area is 163 Å². The van der Waals surface area contributed by atoms with Crippen LogP contribution in [0.25, 0.3) is 0 Å². The molecule has 0 bridgehead atoms. The zero-order chi connectivity index (χ0) is 20.0. The van der Waals surface area contributed by atoms with Crippen molar-refractivity contribution in [2.45, 2.75) is 6.92 Å². The Morgan fingerprint density at radius 1 is 1.15 bits per heavy atom. The molecular weight excluding hydrogens is 422 g/mol. The molecule has 0 aliphatic rings. The molecule has 0 aliphatic carbocycles. The minimum absolute atomic E-state index is 0.130. The van der Waals surface area contributed by atoms with E-state index in [-0.39, 0.29) is 16.8 Å². The van der Waals surface area contributed by atoms with Crippen molar-refractivity contribution in [2.24, 2.45) is 0 Å². The highest BCUT2D eigenvalue weighted by molar-refractivity contribution is 9.10. The molecule has 0 spiro atoms. The van der Waals surface area contributed by atoms with Crippen LogP contribution in [0.4, 0.5) is 5.69 Å². The fourth-order valence-corrected chi connectivity index (χ4v) is 2.75. The van der Waals surface area contributed by atoms with Gasteiger partial charge in [-0.15, -0.1) is 0 Å². The van der Waals surface area contributed by atoms with Crippen LogP contribution in [0.1, 0.15) is 27.6 Å². The van der Waals surface area contributed by atoms with E-state index >= 15 is 0 Å². The van der Waals surface area contributed by atoms with Crippen LogP contribution < -0.4 is 9.47 Å². The van der Waals surface area contributed by atoms with E-state index in [1.165, 1.54) is 43.5 Å². The SMILES string of the molecule is CCOc1c(Br)cc(C(=O)OCC(=O)c2ccc([N+](=O)[O-])cc2)cc1OC. The Balaban J connectivity index is 2.07. The van der Waals surface area contributed by atoms with Crippen molar-refractivity contribution >= 4 is 33.4 Å². The molecule has 142 valence electrons. The molecule has 0 aromatic heterocycles. The maximum Gasteiger partial charge on any atom is 0.338 e. The zero-order valence-corrected chi connectivity index (χ0v) is 16.1. The lowest BCUT2D eigenvalue weighted by molar-refractivity contribution is -0.384. The number of ether oxygens (including phenoxy) is 3. The average Bonchev–Trinajstić information content (AvgIpc) is 2.67. The van der Waals surface area contributed by atoms with Crippen LogP contribution in [-0.2, 0) is 4.74 Å². The van der Waals surface area contributed by atoms with Crippen LogP contribution >= 0.6 is 15.9 Å². The van der Waals surface area contributed by atoms with Gasteiger partial charge in [-0.1, -0.05) is 0 Å². The molecule has 0 radical (unpaired) electrons. The fourth-order valence-electron chi connectivity index (χ4n) is 2.19. The van der Waals surface area contributed by atoms with E-state index in [1.54, 1.807) is 0 Å². The van der Waals surface area contributed by atoms with Gasteiger partial charge in [0.15, 0.2) is 23.9 Å². The molecule has 0 unspecified atom stereocenters. The predicted molar refractivity (Wildman–Crippen MR) is 99.6 cm³/mol. The number of nitrogens with zero attached hydrogens (tertiary/aromatic N) is 1. The molecule has 2 aromatic carbocycles. The van der Waals surface area contributed by atoms with Crippen LogP contribution in [0.5, 0.6) is 11.5 Å². The van der Waals surface area contributed by atoms with E-state index in [2.05, 4.69) is 15.9 Å². The van der Waals surface area contributed by atoms with Gasteiger partial charge in [0.25, 0.3) is 5.69 Å². The van der Waals surface area contributed by atoms with Crippen molar-refractivity contribution in [3.8, 4) is 11.5 Å². The van der Waals surface area contributed by atoms with Gasteiger partial charge >= 0.3 is 5.97 Å². The fraction of sp³-hybridized carbons (Fsp3) is 0.222. The molecule has 0 atom stereocenters. The van der Waals surface area contributed by atoms with Gasteiger partial charge < -0.3 is 14.2 Å². The second-order valence-corrected chi connectivity index (χ2v) is 6.08. The summed E-state index contributed by atoms with van der Waals surface area (Å²) in [6, 6.07) is 8.00. The maximum absolute atomic E-state index is 12.2. The number of Topliss-reactive ketones (excluding diaryl/α,β-unsaturated/α-hetero) is 1. The van der Waals surface area contributed by atoms with Crippen LogP contribution in [0.2, 0.25) is 0 Å². The average molecular weight is 438 g/mol. The molecule has 8 nitrogen and oxygen atoms in total. The second kappa shape index (κ2) is 9.13. The lowest BCUT2D eigenvalue weighted by atomic mass is 10.1. The highest BCUT2D eigenvalue weighted by atomic mass is 79.9. The number of non-ortho nitro benzene ring substituents is 1. The van der Waals surface area contributed by atoms with Crippen molar-refractivity contribution in [1.82, 2.24) is 0 Å². The summed E-state index contributed by atoms with van der Waals surface area (Å²) in [5, 5.41) is 10.6. The zero-order valence-electron chi connectivity index (χ0n) is 14.6. The van der Waals surface area contributed by atoms with E-state index in [9.17, 15) is 19.7 Å². The van der Waals surface area contributed by atoms with Crippen molar-refractivity contribution in [2.75, 3.05) is 20.3 Å². The molecule has 27 heavy (non-hydrogen) atoms. The Hall–Kier alpha value is -2.94. The molecule has 0 aliphatic heterocycles. The van der Waals surface area contributed by atoms with Gasteiger partial charge in [0.2, 0.25) is 0 Å². The second-order valence-electron chi connectivity index (χ2n) is 5.23. The predicted octanol–water partition coefficient (Wildman–Crippen LogP) is 3.80. The Morgan fingerprint density at radius 3 is 2.37 bits per heavy atom. The Morgan fingerprint density at radius 2 is 1.81 bits per heavy atom. The van der Waals surface area contributed by atoms with Crippen molar-refractivity contribution < 1.29 is 28.7 Å². The van der Waals surface area contributed by atoms with Crippen molar-refractivity contribution in [3.63, 3.8) is 0 Å². The van der Waals surface area contributed by atoms with E-state index in [1.807, 2.05) is 6.92 Å². The third-order valence-corrected chi connectivity index (χ3v) is 4.08. The van der Waals surface area contributed by atoms with Gasteiger partial charge in [-0.25, -0.2) is 4.79 Å². The molecule has 2 aromatic rings.